The molecule has 25 heavy (non-hydrogen) atoms. The molecule has 0 aliphatic heterocycles. The van der Waals surface area contributed by atoms with Crippen molar-refractivity contribution < 1.29 is 13.2 Å². The zero-order valence-corrected chi connectivity index (χ0v) is 16.2. The minimum Gasteiger partial charge on any atom is -0.352 e. The van der Waals surface area contributed by atoms with E-state index in [4.69, 9.17) is 11.6 Å². The predicted molar refractivity (Wildman–Crippen MR) is 100 cm³/mol. The summed E-state index contributed by atoms with van der Waals surface area (Å²) in [6.45, 7) is 1.80. The highest BCUT2D eigenvalue weighted by Gasteiger charge is 2.42. The average Bonchev–Trinajstić information content (AvgIpc) is 3.14. The lowest BCUT2D eigenvalue weighted by Gasteiger charge is -2.29. The number of amides is 1. The Hall–Kier alpha value is -1.27. The first-order chi connectivity index (χ1) is 11.7. The zero-order valence-electron chi connectivity index (χ0n) is 14.6. The Bertz CT molecular complexity index is 752. The molecule has 2 aliphatic carbocycles. The first kappa shape index (κ1) is 18.5. The highest BCUT2D eigenvalue weighted by Crippen LogP contribution is 2.49. The zero-order chi connectivity index (χ0) is 18.2. The number of hydrogen-bond donors (Lipinski definition) is 1. The maximum absolute atomic E-state index is 12.5. The number of halogens is 1. The Morgan fingerprint density at radius 3 is 2.68 bits per heavy atom. The molecule has 2 saturated carbocycles. The number of rotatable bonds is 6. The summed E-state index contributed by atoms with van der Waals surface area (Å²) in [5.74, 6) is 1.76. The molecule has 0 unspecified atom stereocenters. The van der Waals surface area contributed by atoms with Gasteiger partial charge in [-0.05, 0) is 62.1 Å². The number of benzene rings is 1. The summed E-state index contributed by atoms with van der Waals surface area (Å²) in [5, 5.41) is 3.45. The lowest BCUT2D eigenvalue weighted by molar-refractivity contribution is -0.120. The molecule has 3 rings (SSSR count). The van der Waals surface area contributed by atoms with Crippen LogP contribution >= 0.6 is 11.6 Å². The van der Waals surface area contributed by atoms with Gasteiger partial charge in [-0.15, -0.1) is 0 Å². The third-order valence-corrected chi connectivity index (χ3v) is 6.98. The largest absolute Gasteiger partial charge is 0.352 e. The van der Waals surface area contributed by atoms with Gasteiger partial charge in [0.2, 0.25) is 15.9 Å². The van der Waals surface area contributed by atoms with Gasteiger partial charge in [-0.1, -0.05) is 24.1 Å². The van der Waals surface area contributed by atoms with Crippen molar-refractivity contribution in [2.24, 2.45) is 17.8 Å². The second kappa shape index (κ2) is 7.16. The minimum absolute atomic E-state index is 0.0728. The average molecular weight is 385 g/mol. The smallest absolute Gasteiger partial charge is 0.240 e. The molecule has 0 heterocycles. The van der Waals surface area contributed by atoms with Crippen LogP contribution in [0.2, 0.25) is 5.02 Å². The highest BCUT2D eigenvalue weighted by atomic mass is 35.5. The van der Waals surface area contributed by atoms with E-state index in [0.717, 1.165) is 16.5 Å². The maximum Gasteiger partial charge on any atom is 0.240 e. The molecule has 2 fully saturated rings. The third kappa shape index (κ3) is 4.29. The van der Waals surface area contributed by atoms with Crippen molar-refractivity contribution >= 4 is 33.2 Å². The lowest BCUT2D eigenvalue weighted by Crippen LogP contribution is -2.46. The Morgan fingerprint density at radius 1 is 1.36 bits per heavy atom. The number of fused-ring (bicyclic) bond motifs is 2. The van der Waals surface area contributed by atoms with Crippen molar-refractivity contribution in [2.45, 2.75) is 38.6 Å². The lowest BCUT2D eigenvalue weighted by atomic mass is 9.84. The molecule has 1 aromatic rings. The number of nitrogens with one attached hydrogen (secondary N) is 1. The summed E-state index contributed by atoms with van der Waals surface area (Å²) in [7, 11) is -3.58. The minimum atomic E-state index is -3.58. The van der Waals surface area contributed by atoms with Crippen molar-refractivity contribution in [3.63, 3.8) is 0 Å². The van der Waals surface area contributed by atoms with Crippen molar-refractivity contribution in [3.8, 4) is 0 Å². The Balaban J connectivity index is 1.66. The van der Waals surface area contributed by atoms with Gasteiger partial charge in [0.25, 0.3) is 0 Å². The van der Waals surface area contributed by atoms with Gasteiger partial charge in [0.05, 0.1) is 11.9 Å². The van der Waals surface area contributed by atoms with Crippen LogP contribution in [-0.2, 0) is 14.8 Å². The number of sulfonamides is 1. The molecular formula is C18H25ClN2O3S. The van der Waals surface area contributed by atoms with Crippen LogP contribution in [0.3, 0.4) is 0 Å². The van der Waals surface area contributed by atoms with E-state index >= 15 is 0 Å². The standard InChI is InChI=1S/C18H25ClN2O3S/c1-12(17-9-13-6-7-14(17)8-13)20-18(22)11-21(25(2,23)24)16-5-3-4-15(19)10-16/h3-5,10,12-14,17H,6-9,11H2,1-2H3,(H,20,22)/t12-,13-,14-,17+/m1/s1. The first-order valence-corrected chi connectivity index (χ1v) is 11.0. The molecule has 1 N–H and O–H groups in total. The van der Waals surface area contributed by atoms with E-state index in [2.05, 4.69) is 5.32 Å². The van der Waals surface area contributed by atoms with E-state index < -0.39 is 10.0 Å². The fraction of sp³-hybridized carbons (Fsp3) is 0.611. The van der Waals surface area contributed by atoms with Crippen LogP contribution in [0, 0.1) is 17.8 Å². The van der Waals surface area contributed by atoms with Crippen LogP contribution < -0.4 is 9.62 Å². The number of carbonyl (C=O) groups is 1. The molecule has 2 bridgehead atoms. The van der Waals surface area contributed by atoms with E-state index in [1.54, 1.807) is 24.3 Å². The summed E-state index contributed by atoms with van der Waals surface area (Å²) in [4.78, 5) is 12.5. The van der Waals surface area contributed by atoms with Gasteiger partial charge in [0, 0.05) is 11.1 Å². The molecule has 0 spiro atoms. The molecule has 4 atom stereocenters. The predicted octanol–water partition coefficient (Wildman–Crippen LogP) is 3.05. The molecule has 2 aliphatic rings. The molecule has 0 aromatic heterocycles. The summed E-state index contributed by atoms with van der Waals surface area (Å²) in [6, 6.07) is 6.60. The van der Waals surface area contributed by atoms with E-state index in [-0.39, 0.29) is 18.5 Å². The van der Waals surface area contributed by atoms with Crippen molar-refractivity contribution in [1.82, 2.24) is 5.32 Å². The van der Waals surface area contributed by atoms with Gasteiger partial charge < -0.3 is 5.32 Å². The molecule has 0 radical (unpaired) electrons. The summed E-state index contributed by atoms with van der Waals surface area (Å²) in [5.41, 5.74) is 0.401. The fourth-order valence-corrected chi connectivity index (χ4v) is 5.51. The molecule has 1 amide bonds. The second-order valence-electron chi connectivity index (χ2n) is 7.44. The van der Waals surface area contributed by atoms with E-state index in [1.807, 2.05) is 6.92 Å². The van der Waals surface area contributed by atoms with Crippen LogP contribution in [0.25, 0.3) is 0 Å². The van der Waals surface area contributed by atoms with Gasteiger partial charge >= 0.3 is 0 Å². The maximum atomic E-state index is 12.5. The molecule has 7 heteroatoms. The molecule has 138 valence electrons. The van der Waals surface area contributed by atoms with Gasteiger partial charge in [0.1, 0.15) is 6.54 Å². The van der Waals surface area contributed by atoms with Crippen LogP contribution in [-0.4, -0.2) is 33.2 Å². The fourth-order valence-electron chi connectivity index (χ4n) is 4.47. The highest BCUT2D eigenvalue weighted by molar-refractivity contribution is 7.92. The molecular weight excluding hydrogens is 360 g/mol. The van der Waals surface area contributed by atoms with Crippen molar-refractivity contribution in [1.29, 1.82) is 0 Å². The van der Waals surface area contributed by atoms with Gasteiger partial charge in [-0.3, -0.25) is 9.10 Å². The van der Waals surface area contributed by atoms with Crippen molar-refractivity contribution in [3.05, 3.63) is 29.3 Å². The molecule has 0 saturated heterocycles. The SMILES string of the molecule is C[C@@H](NC(=O)CN(c1cccc(Cl)c1)S(C)(=O)=O)[C@@H]1C[C@@H]2CC[C@@H]1C2. The topological polar surface area (TPSA) is 66.5 Å². The normalized spacial score (nSPS) is 26.4. The van der Waals surface area contributed by atoms with E-state index in [1.165, 1.54) is 25.7 Å². The van der Waals surface area contributed by atoms with Crippen LogP contribution in [0.5, 0.6) is 0 Å². The van der Waals surface area contributed by atoms with Gasteiger partial charge in [-0.25, -0.2) is 8.42 Å². The second-order valence-corrected chi connectivity index (χ2v) is 9.79. The van der Waals surface area contributed by atoms with Crippen LogP contribution in [0.4, 0.5) is 5.69 Å². The van der Waals surface area contributed by atoms with Crippen LogP contribution in [0.1, 0.15) is 32.6 Å². The van der Waals surface area contributed by atoms with E-state index in [9.17, 15) is 13.2 Å². The molecule has 5 nitrogen and oxygen atoms in total. The van der Waals surface area contributed by atoms with Crippen molar-refractivity contribution in [2.75, 3.05) is 17.1 Å². The monoisotopic (exact) mass is 384 g/mol. The number of carbonyl (C=O) groups excluding carboxylic acids is 1. The van der Waals surface area contributed by atoms with Gasteiger partial charge in [-0.2, -0.15) is 0 Å². The van der Waals surface area contributed by atoms with Gasteiger partial charge in [0.15, 0.2) is 0 Å². The number of nitrogens with zero attached hydrogens (tertiary/aromatic N) is 1. The number of hydrogen-bond acceptors (Lipinski definition) is 3. The Morgan fingerprint density at radius 2 is 2.12 bits per heavy atom. The summed E-state index contributed by atoms with van der Waals surface area (Å²) < 4.78 is 25.4. The third-order valence-electron chi connectivity index (χ3n) is 5.61. The Kier molecular flexibility index (Phi) is 5.30. The Labute approximate surface area is 154 Å². The summed E-state index contributed by atoms with van der Waals surface area (Å²) in [6.07, 6.45) is 6.13. The number of anilines is 1. The summed E-state index contributed by atoms with van der Waals surface area (Å²) >= 11 is 5.96. The van der Waals surface area contributed by atoms with Crippen LogP contribution in [0.15, 0.2) is 24.3 Å². The molecule has 1 aromatic carbocycles. The van der Waals surface area contributed by atoms with E-state index in [0.29, 0.717) is 22.5 Å². The first-order valence-electron chi connectivity index (χ1n) is 8.76. The quantitative estimate of drug-likeness (QED) is 0.819.